The predicted molar refractivity (Wildman–Crippen MR) is 121 cm³/mol. The van der Waals surface area contributed by atoms with E-state index in [1.165, 1.54) is 12.1 Å². The van der Waals surface area contributed by atoms with Gasteiger partial charge >= 0.3 is 0 Å². The highest BCUT2D eigenvalue weighted by Gasteiger charge is 2.19. The zero-order valence-electron chi connectivity index (χ0n) is 18.2. The molecule has 0 amide bonds. The van der Waals surface area contributed by atoms with E-state index in [-0.39, 0.29) is 18.0 Å². The van der Waals surface area contributed by atoms with Crippen LogP contribution in [0.5, 0.6) is 23.1 Å². The minimum Gasteiger partial charge on any atom is -0.496 e. The first-order valence-electron chi connectivity index (χ1n) is 10.4. The summed E-state index contributed by atoms with van der Waals surface area (Å²) in [4.78, 5) is 0.0854. The molecule has 4 aromatic rings. The molecule has 1 N–H and O–H groups in total. The van der Waals surface area contributed by atoms with Crippen molar-refractivity contribution in [3.8, 4) is 34.5 Å². The van der Waals surface area contributed by atoms with E-state index in [2.05, 4.69) is 20.0 Å². The van der Waals surface area contributed by atoms with Crippen molar-refractivity contribution >= 4 is 15.7 Å². The summed E-state index contributed by atoms with van der Waals surface area (Å²) in [5, 5.41) is 12.8. The third-order valence-corrected chi connectivity index (χ3v) is 6.51. The Morgan fingerprint density at radius 2 is 1.85 bits per heavy atom. The number of methoxy groups -OCH3 is 1. The summed E-state index contributed by atoms with van der Waals surface area (Å²) in [5.41, 5.74) is 1.27. The lowest BCUT2D eigenvalue weighted by molar-refractivity contribution is 0.171. The van der Waals surface area contributed by atoms with Gasteiger partial charge in [-0.05, 0) is 30.3 Å². The van der Waals surface area contributed by atoms with Gasteiger partial charge in [-0.3, -0.25) is 0 Å². The van der Waals surface area contributed by atoms with E-state index in [9.17, 15) is 8.42 Å². The summed E-state index contributed by atoms with van der Waals surface area (Å²) >= 11 is 0. The molecule has 0 spiro atoms. The molecule has 0 bridgehead atoms. The van der Waals surface area contributed by atoms with Gasteiger partial charge in [0.25, 0.3) is 0 Å². The number of benzene rings is 2. The van der Waals surface area contributed by atoms with Gasteiger partial charge < -0.3 is 18.9 Å². The average molecular weight is 484 g/mol. The van der Waals surface area contributed by atoms with E-state index >= 15 is 0 Å². The molecule has 12 heteroatoms. The van der Waals surface area contributed by atoms with Gasteiger partial charge in [0.2, 0.25) is 15.9 Å². The molecule has 34 heavy (non-hydrogen) atoms. The number of nitrogens with one attached hydrogen (secondary N) is 1. The number of fused-ring (bicyclic) bond motifs is 2. The molecule has 2 aromatic heterocycles. The number of sulfonamides is 1. The fraction of sp³-hybridized carbons (Fsp3) is 0.227. The average Bonchev–Trinajstić information content (AvgIpc) is 3.29. The number of hydrogen-bond acceptors (Lipinski definition) is 9. The number of ether oxygens (including phenoxy) is 4. The Kier molecular flexibility index (Phi) is 5.90. The Bertz CT molecular complexity index is 1440. The lowest BCUT2D eigenvalue weighted by atomic mass is 10.2. The molecular formula is C22H21N5O6S. The lowest BCUT2D eigenvalue weighted by Crippen LogP contribution is -2.28. The molecule has 1 aliphatic rings. The van der Waals surface area contributed by atoms with Gasteiger partial charge in [0, 0.05) is 18.7 Å². The molecule has 3 heterocycles. The first kappa shape index (κ1) is 21.9. The topological polar surface area (TPSA) is 126 Å². The number of hydrogen-bond donors (Lipinski definition) is 1. The van der Waals surface area contributed by atoms with Crippen LogP contribution in [-0.2, 0) is 10.0 Å². The number of nitrogens with zero attached hydrogens (tertiary/aromatic N) is 4. The zero-order valence-corrected chi connectivity index (χ0v) is 19.0. The van der Waals surface area contributed by atoms with Crippen LogP contribution in [0.15, 0.2) is 59.5 Å². The monoisotopic (exact) mass is 483 g/mol. The number of rotatable bonds is 8. The number of aromatic nitrogens is 4. The first-order chi connectivity index (χ1) is 16.5. The number of para-hydroxylation sites is 1. The van der Waals surface area contributed by atoms with Gasteiger partial charge in [0.15, 0.2) is 23.0 Å². The highest BCUT2D eigenvalue weighted by molar-refractivity contribution is 7.89. The predicted octanol–water partition coefficient (Wildman–Crippen LogP) is 1.93. The van der Waals surface area contributed by atoms with Crippen molar-refractivity contribution in [1.29, 1.82) is 0 Å². The van der Waals surface area contributed by atoms with Crippen molar-refractivity contribution in [1.82, 2.24) is 24.5 Å². The molecule has 0 atom stereocenters. The lowest BCUT2D eigenvalue weighted by Gasteiger charge is -2.18. The summed E-state index contributed by atoms with van der Waals surface area (Å²) < 4.78 is 51.3. The summed E-state index contributed by atoms with van der Waals surface area (Å²) in [6.07, 6.45) is 0. The second-order valence-corrected chi connectivity index (χ2v) is 8.98. The summed E-state index contributed by atoms with van der Waals surface area (Å²) in [6.45, 7) is 0.913. The third kappa shape index (κ3) is 4.32. The Labute approximate surface area is 195 Å². The van der Waals surface area contributed by atoms with Crippen molar-refractivity contribution in [2.75, 3.05) is 33.5 Å². The minimum absolute atomic E-state index is 0.0397. The van der Waals surface area contributed by atoms with Gasteiger partial charge in [-0.2, -0.15) is 4.52 Å². The molecule has 0 aliphatic carbocycles. The second-order valence-electron chi connectivity index (χ2n) is 7.22. The van der Waals surface area contributed by atoms with E-state index in [0.717, 1.165) is 5.56 Å². The van der Waals surface area contributed by atoms with E-state index in [4.69, 9.17) is 18.9 Å². The SMILES string of the molecule is COc1ccccc1-c1nnc2ccc(OCCNS(=O)(=O)c3ccc4c(c3)OCCO4)nn12. The molecule has 1 aliphatic heterocycles. The molecule has 0 saturated heterocycles. The quantitative estimate of drug-likeness (QED) is 0.374. The minimum atomic E-state index is -3.75. The van der Waals surface area contributed by atoms with E-state index in [1.54, 1.807) is 29.8 Å². The van der Waals surface area contributed by atoms with Crippen molar-refractivity contribution < 1.29 is 27.4 Å². The summed E-state index contributed by atoms with van der Waals surface area (Å²) in [5.74, 6) is 2.36. The van der Waals surface area contributed by atoms with E-state index in [0.29, 0.717) is 47.8 Å². The fourth-order valence-corrected chi connectivity index (χ4v) is 4.48. The van der Waals surface area contributed by atoms with Crippen molar-refractivity contribution in [3.63, 3.8) is 0 Å². The van der Waals surface area contributed by atoms with Crippen molar-refractivity contribution in [2.24, 2.45) is 0 Å². The first-order valence-corrected chi connectivity index (χ1v) is 11.9. The van der Waals surface area contributed by atoms with Crippen LogP contribution in [0, 0.1) is 0 Å². The van der Waals surface area contributed by atoms with Crippen LogP contribution in [0.3, 0.4) is 0 Å². The van der Waals surface area contributed by atoms with Crippen LogP contribution < -0.4 is 23.7 Å². The third-order valence-electron chi connectivity index (χ3n) is 5.05. The second kappa shape index (κ2) is 9.15. The van der Waals surface area contributed by atoms with Gasteiger partial charge in [-0.15, -0.1) is 15.3 Å². The van der Waals surface area contributed by atoms with Crippen molar-refractivity contribution in [2.45, 2.75) is 4.90 Å². The van der Waals surface area contributed by atoms with Gasteiger partial charge in [0.1, 0.15) is 25.6 Å². The molecule has 11 nitrogen and oxygen atoms in total. The van der Waals surface area contributed by atoms with Gasteiger partial charge in [0.05, 0.1) is 17.6 Å². The maximum Gasteiger partial charge on any atom is 0.240 e. The van der Waals surface area contributed by atoms with E-state index < -0.39 is 10.0 Å². The van der Waals surface area contributed by atoms with Crippen molar-refractivity contribution in [3.05, 3.63) is 54.6 Å². The van der Waals surface area contributed by atoms with Crippen LogP contribution in [0.25, 0.3) is 17.0 Å². The highest BCUT2D eigenvalue weighted by atomic mass is 32.2. The van der Waals surface area contributed by atoms with E-state index in [1.807, 2.05) is 24.3 Å². The molecule has 176 valence electrons. The van der Waals surface area contributed by atoms with Crippen LogP contribution in [0.2, 0.25) is 0 Å². The molecule has 2 aromatic carbocycles. The molecular weight excluding hydrogens is 462 g/mol. The molecule has 0 fully saturated rings. The molecule has 5 rings (SSSR count). The maximum absolute atomic E-state index is 12.6. The van der Waals surface area contributed by atoms with Gasteiger partial charge in [-0.1, -0.05) is 12.1 Å². The fourth-order valence-electron chi connectivity index (χ4n) is 3.45. The smallest absolute Gasteiger partial charge is 0.240 e. The van der Waals surface area contributed by atoms with Crippen LogP contribution in [0.1, 0.15) is 0 Å². The Morgan fingerprint density at radius 1 is 1.03 bits per heavy atom. The normalized spacial score (nSPS) is 13.1. The van der Waals surface area contributed by atoms with Crippen LogP contribution in [-0.4, -0.2) is 61.7 Å². The van der Waals surface area contributed by atoms with Gasteiger partial charge in [-0.25, -0.2) is 13.1 Å². The molecule has 0 radical (unpaired) electrons. The Balaban J connectivity index is 1.26. The Morgan fingerprint density at radius 3 is 2.71 bits per heavy atom. The van der Waals surface area contributed by atoms with Crippen LogP contribution in [0.4, 0.5) is 0 Å². The highest BCUT2D eigenvalue weighted by Crippen LogP contribution is 2.32. The Hall–Kier alpha value is -3.90. The maximum atomic E-state index is 12.6. The molecule has 0 unspecified atom stereocenters. The molecule has 0 saturated carbocycles. The summed E-state index contributed by atoms with van der Waals surface area (Å²) in [6, 6.07) is 15.3. The zero-order chi connectivity index (χ0) is 23.5. The summed E-state index contributed by atoms with van der Waals surface area (Å²) in [7, 11) is -2.17. The van der Waals surface area contributed by atoms with Crippen LogP contribution >= 0.6 is 0 Å². The standard InChI is InChI=1S/C22H21N5O6S/c1-30-17-5-3-2-4-16(17)22-25-24-20-8-9-21(26-27(20)22)33-11-10-23-34(28,29)15-6-7-18-19(14-15)32-13-12-31-18/h2-9,14,23H,10-13H2,1H3. The largest absolute Gasteiger partial charge is 0.496 e.